The van der Waals surface area contributed by atoms with Gasteiger partial charge in [0.25, 0.3) is 0 Å². The minimum atomic E-state index is -0.646. The first-order chi connectivity index (χ1) is 8.16. The number of carbonyl (C=O) groups is 1. The van der Waals surface area contributed by atoms with Gasteiger partial charge in [-0.3, -0.25) is 9.69 Å². The molecule has 0 aliphatic carbocycles. The van der Waals surface area contributed by atoms with E-state index >= 15 is 0 Å². The van der Waals surface area contributed by atoms with Crippen LogP contribution in [0.4, 0.5) is 0 Å². The number of likely N-dealkylation sites (tertiary alicyclic amines) is 2. The molecule has 1 N–H and O–H groups in total. The first kappa shape index (κ1) is 12.8. The van der Waals surface area contributed by atoms with E-state index in [1.54, 1.807) is 0 Å². The number of aliphatic carboxylic acids is 1. The molecule has 2 aliphatic heterocycles. The molecule has 2 heterocycles. The Labute approximate surface area is 104 Å². The first-order valence-electron chi connectivity index (χ1n) is 6.83. The maximum absolute atomic E-state index is 10.9. The Bertz CT molecular complexity index is 270. The maximum atomic E-state index is 10.9. The Morgan fingerprint density at radius 3 is 2.71 bits per heavy atom. The SMILES string of the molecule is CN1CCCC(N2CCCC2CC(=O)O)CC1. The number of carboxylic acids is 1. The third-order valence-corrected chi connectivity index (χ3v) is 4.22. The van der Waals surface area contributed by atoms with E-state index in [0.717, 1.165) is 19.5 Å². The quantitative estimate of drug-likeness (QED) is 0.810. The lowest BCUT2D eigenvalue weighted by atomic mass is 10.0. The van der Waals surface area contributed by atoms with E-state index in [0.29, 0.717) is 18.5 Å². The normalized spacial score (nSPS) is 32.5. The summed E-state index contributed by atoms with van der Waals surface area (Å²) in [6.07, 6.45) is 6.25. The zero-order valence-corrected chi connectivity index (χ0v) is 10.8. The van der Waals surface area contributed by atoms with Gasteiger partial charge in [0, 0.05) is 12.1 Å². The molecule has 2 saturated heterocycles. The zero-order valence-electron chi connectivity index (χ0n) is 10.8. The highest BCUT2D eigenvalue weighted by molar-refractivity contribution is 5.67. The van der Waals surface area contributed by atoms with E-state index in [9.17, 15) is 4.79 Å². The Morgan fingerprint density at radius 2 is 1.94 bits per heavy atom. The average molecular weight is 240 g/mol. The van der Waals surface area contributed by atoms with Crippen molar-refractivity contribution in [2.24, 2.45) is 0 Å². The van der Waals surface area contributed by atoms with Crippen LogP contribution in [0.2, 0.25) is 0 Å². The van der Waals surface area contributed by atoms with E-state index in [-0.39, 0.29) is 0 Å². The molecule has 2 unspecified atom stereocenters. The zero-order chi connectivity index (χ0) is 12.3. The molecule has 0 saturated carbocycles. The molecule has 0 spiro atoms. The number of carboxylic acid groups (broad SMARTS) is 1. The Balaban J connectivity index is 1.92. The number of nitrogens with zero attached hydrogens (tertiary/aromatic N) is 2. The summed E-state index contributed by atoms with van der Waals surface area (Å²) in [5.41, 5.74) is 0. The molecule has 98 valence electrons. The van der Waals surface area contributed by atoms with Crippen molar-refractivity contribution in [3.05, 3.63) is 0 Å². The van der Waals surface area contributed by atoms with Crippen LogP contribution < -0.4 is 0 Å². The van der Waals surface area contributed by atoms with Gasteiger partial charge in [-0.2, -0.15) is 0 Å². The lowest BCUT2D eigenvalue weighted by molar-refractivity contribution is -0.138. The summed E-state index contributed by atoms with van der Waals surface area (Å²) in [6, 6.07) is 0.910. The monoisotopic (exact) mass is 240 g/mol. The predicted octanol–water partition coefficient (Wildman–Crippen LogP) is 1.41. The second-order valence-corrected chi connectivity index (χ2v) is 5.52. The standard InChI is InChI=1S/C13H24N2O2/c1-14-7-2-4-11(6-9-14)15-8-3-5-12(15)10-13(16)17/h11-12H,2-10H2,1H3,(H,16,17). The largest absolute Gasteiger partial charge is 0.481 e. The van der Waals surface area contributed by atoms with Gasteiger partial charge in [-0.15, -0.1) is 0 Å². The summed E-state index contributed by atoms with van der Waals surface area (Å²) in [4.78, 5) is 15.7. The molecule has 0 amide bonds. The molecular formula is C13H24N2O2. The Kier molecular flexibility index (Phi) is 4.40. The summed E-state index contributed by atoms with van der Waals surface area (Å²) >= 11 is 0. The van der Waals surface area contributed by atoms with Crippen LogP contribution in [0.1, 0.15) is 38.5 Å². The van der Waals surface area contributed by atoms with Crippen LogP contribution in [0.5, 0.6) is 0 Å². The van der Waals surface area contributed by atoms with Crippen molar-refractivity contribution in [2.45, 2.75) is 50.6 Å². The van der Waals surface area contributed by atoms with Crippen molar-refractivity contribution < 1.29 is 9.90 Å². The number of hydrogen-bond donors (Lipinski definition) is 1. The van der Waals surface area contributed by atoms with Gasteiger partial charge in [-0.1, -0.05) is 0 Å². The summed E-state index contributed by atoms with van der Waals surface area (Å²) < 4.78 is 0. The van der Waals surface area contributed by atoms with Crippen molar-refractivity contribution in [2.75, 3.05) is 26.7 Å². The molecule has 0 aromatic carbocycles. The fourth-order valence-corrected chi connectivity index (χ4v) is 3.31. The fraction of sp³-hybridized carbons (Fsp3) is 0.923. The predicted molar refractivity (Wildman–Crippen MR) is 67.1 cm³/mol. The minimum absolute atomic E-state index is 0.293. The van der Waals surface area contributed by atoms with Gasteiger partial charge in [-0.05, 0) is 58.8 Å². The van der Waals surface area contributed by atoms with Crippen molar-refractivity contribution >= 4 is 5.97 Å². The summed E-state index contributed by atoms with van der Waals surface area (Å²) in [7, 11) is 2.18. The minimum Gasteiger partial charge on any atom is -0.481 e. The Morgan fingerprint density at radius 1 is 1.18 bits per heavy atom. The highest BCUT2D eigenvalue weighted by Gasteiger charge is 2.32. The lowest BCUT2D eigenvalue weighted by Crippen LogP contribution is -2.40. The smallest absolute Gasteiger partial charge is 0.304 e. The van der Waals surface area contributed by atoms with Crippen LogP contribution >= 0.6 is 0 Å². The van der Waals surface area contributed by atoms with E-state index in [1.165, 1.54) is 32.2 Å². The average Bonchev–Trinajstić information content (AvgIpc) is 2.59. The molecule has 0 aromatic rings. The van der Waals surface area contributed by atoms with Gasteiger partial charge in [0.15, 0.2) is 0 Å². The summed E-state index contributed by atoms with van der Waals surface area (Å²) in [5.74, 6) is -0.646. The highest BCUT2D eigenvalue weighted by Crippen LogP contribution is 2.27. The summed E-state index contributed by atoms with van der Waals surface area (Å²) in [5, 5.41) is 8.95. The van der Waals surface area contributed by atoms with Crippen LogP contribution in [-0.4, -0.2) is 59.6 Å². The van der Waals surface area contributed by atoms with E-state index in [4.69, 9.17) is 5.11 Å². The number of rotatable bonds is 3. The van der Waals surface area contributed by atoms with Crippen LogP contribution in [0.3, 0.4) is 0 Å². The molecule has 2 aliphatic rings. The Hall–Kier alpha value is -0.610. The highest BCUT2D eigenvalue weighted by atomic mass is 16.4. The molecular weight excluding hydrogens is 216 g/mol. The van der Waals surface area contributed by atoms with Gasteiger partial charge in [0.05, 0.1) is 6.42 Å². The molecule has 0 bridgehead atoms. The van der Waals surface area contributed by atoms with E-state index in [1.807, 2.05) is 0 Å². The topological polar surface area (TPSA) is 43.8 Å². The van der Waals surface area contributed by atoms with Gasteiger partial charge in [-0.25, -0.2) is 0 Å². The van der Waals surface area contributed by atoms with Gasteiger partial charge in [0.2, 0.25) is 0 Å². The molecule has 4 heteroatoms. The first-order valence-corrected chi connectivity index (χ1v) is 6.83. The molecule has 4 nitrogen and oxygen atoms in total. The lowest BCUT2D eigenvalue weighted by Gasteiger charge is -2.31. The third-order valence-electron chi connectivity index (χ3n) is 4.22. The second kappa shape index (κ2) is 5.83. The molecule has 2 rings (SSSR count). The van der Waals surface area contributed by atoms with Crippen LogP contribution in [-0.2, 0) is 4.79 Å². The molecule has 0 radical (unpaired) electrons. The van der Waals surface area contributed by atoms with Crippen LogP contribution in [0.25, 0.3) is 0 Å². The van der Waals surface area contributed by atoms with Gasteiger partial charge < -0.3 is 10.0 Å². The van der Waals surface area contributed by atoms with Gasteiger partial charge in [0.1, 0.15) is 0 Å². The van der Waals surface area contributed by atoms with Gasteiger partial charge >= 0.3 is 5.97 Å². The van der Waals surface area contributed by atoms with E-state index < -0.39 is 5.97 Å². The fourth-order valence-electron chi connectivity index (χ4n) is 3.31. The third kappa shape index (κ3) is 3.42. The van der Waals surface area contributed by atoms with Crippen molar-refractivity contribution in [1.29, 1.82) is 0 Å². The second-order valence-electron chi connectivity index (χ2n) is 5.52. The maximum Gasteiger partial charge on any atom is 0.304 e. The molecule has 0 aromatic heterocycles. The van der Waals surface area contributed by atoms with E-state index in [2.05, 4.69) is 16.8 Å². The van der Waals surface area contributed by atoms with Crippen molar-refractivity contribution in [1.82, 2.24) is 9.80 Å². The molecule has 17 heavy (non-hydrogen) atoms. The molecule has 2 fully saturated rings. The van der Waals surface area contributed by atoms with Crippen LogP contribution in [0.15, 0.2) is 0 Å². The van der Waals surface area contributed by atoms with Crippen molar-refractivity contribution in [3.8, 4) is 0 Å². The molecule has 2 atom stereocenters. The van der Waals surface area contributed by atoms with Crippen LogP contribution in [0, 0.1) is 0 Å². The number of hydrogen-bond acceptors (Lipinski definition) is 3. The van der Waals surface area contributed by atoms with Crippen molar-refractivity contribution in [3.63, 3.8) is 0 Å². The summed E-state index contributed by atoms with van der Waals surface area (Å²) in [6.45, 7) is 3.45.